The Bertz CT molecular complexity index is 731. The SMILES string of the molecule is CC(O)CCc1nc2ccc(NN=C(C#N)C#N)cc2[nH]1. The summed E-state index contributed by atoms with van der Waals surface area (Å²) in [7, 11) is 0. The van der Waals surface area contributed by atoms with Crippen LogP contribution in [0.25, 0.3) is 11.0 Å². The molecule has 0 radical (unpaired) electrons. The van der Waals surface area contributed by atoms with Gasteiger partial charge in [-0.1, -0.05) is 0 Å². The van der Waals surface area contributed by atoms with Gasteiger partial charge < -0.3 is 10.1 Å². The van der Waals surface area contributed by atoms with E-state index < -0.39 is 0 Å². The van der Waals surface area contributed by atoms with Crippen LogP contribution in [0.5, 0.6) is 0 Å². The molecule has 21 heavy (non-hydrogen) atoms. The van der Waals surface area contributed by atoms with Crippen molar-refractivity contribution in [3.8, 4) is 12.1 Å². The lowest BCUT2D eigenvalue weighted by Gasteiger charge is -2.00. The van der Waals surface area contributed by atoms with Gasteiger partial charge in [0.05, 0.1) is 22.8 Å². The number of benzene rings is 1. The summed E-state index contributed by atoms with van der Waals surface area (Å²) in [6.07, 6.45) is 0.948. The maximum absolute atomic E-state index is 9.28. The Morgan fingerprint density at radius 2 is 2.24 bits per heavy atom. The van der Waals surface area contributed by atoms with Gasteiger partial charge in [0, 0.05) is 6.42 Å². The van der Waals surface area contributed by atoms with Gasteiger partial charge in [0.15, 0.2) is 0 Å². The van der Waals surface area contributed by atoms with Crippen molar-refractivity contribution >= 4 is 22.4 Å². The van der Waals surface area contributed by atoms with E-state index in [0.29, 0.717) is 18.5 Å². The number of aliphatic hydroxyl groups excluding tert-OH is 1. The molecule has 106 valence electrons. The molecule has 3 N–H and O–H groups in total. The van der Waals surface area contributed by atoms with Crippen LogP contribution in [-0.2, 0) is 6.42 Å². The zero-order valence-corrected chi connectivity index (χ0v) is 11.5. The minimum Gasteiger partial charge on any atom is -0.393 e. The van der Waals surface area contributed by atoms with E-state index in [4.69, 9.17) is 10.5 Å². The van der Waals surface area contributed by atoms with Gasteiger partial charge in [-0.25, -0.2) is 4.98 Å². The quantitative estimate of drug-likeness (QED) is 0.569. The largest absolute Gasteiger partial charge is 0.393 e. The highest BCUT2D eigenvalue weighted by atomic mass is 16.3. The van der Waals surface area contributed by atoms with Crippen LogP contribution in [0, 0.1) is 22.7 Å². The number of aryl methyl sites for hydroxylation is 1. The van der Waals surface area contributed by atoms with Crippen molar-refractivity contribution in [1.82, 2.24) is 9.97 Å². The number of aromatic nitrogens is 2. The predicted octanol–water partition coefficient (Wildman–Crippen LogP) is 1.69. The molecule has 1 aromatic carbocycles. The second kappa shape index (κ2) is 6.51. The number of aliphatic hydroxyl groups is 1. The third-order valence-corrected chi connectivity index (χ3v) is 2.84. The smallest absolute Gasteiger partial charge is 0.237 e. The number of hydrogen-bond donors (Lipinski definition) is 3. The molecular weight excluding hydrogens is 268 g/mol. The van der Waals surface area contributed by atoms with Gasteiger partial charge in [0.2, 0.25) is 5.71 Å². The Balaban J connectivity index is 2.16. The number of hydrogen-bond acceptors (Lipinski definition) is 6. The molecule has 0 aliphatic heterocycles. The predicted molar refractivity (Wildman–Crippen MR) is 78.4 cm³/mol. The maximum Gasteiger partial charge on any atom is 0.237 e. The number of H-pyrrole nitrogens is 1. The first-order valence-electron chi connectivity index (χ1n) is 6.43. The summed E-state index contributed by atoms with van der Waals surface area (Å²) in [5, 5.41) is 30.2. The number of rotatable bonds is 5. The molecule has 1 unspecified atom stereocenters. The fourth-order valence-corrected chi connectivity index (χ4v) is 1.79. The number of nitriles is 2. The molecule has 1 atom stereocenters. The van der Waals surface area contributed by atoms with Crippen LogP contribution in [0.1, 0.15) is 19.2 Å². The minimum absolute atomic E-state index is 0.239. The zero-order chi connectivity index (χ0) is 15.2. The second-order valence-electron chi connectivity index (χ2n) is 4.60. The Labute approximate surface area is 121 Å². The van der Waals surface area contributed by atoms with Crippen molar-refractivity contribution in [1.29, 1.82) is 10.5 Å². The first-order chi connectivity index (χ1) is 10.1. The Kier molecular flexibility index (Phi) is 4.50. The summed E-state index contributed by atoms with van der Waals surface area (Å²) in [6, 6.07) is 8.72. The lowest BCUT2D eigenvalue weighted by molar-refractivity contribution is 0.184. The third-order valence-electron chi connectivity index (χ3n) is 2.84. The van der Waals surface area contributed by atoms with Crippen molar-refractivity contribution in [2.45, 2.75) is 25.9 Å². The summed E-state index contributed by atoms with van der Waals surface area (Å²) in [6.45, 7) is 1.74. The van der Waals surface area contributed by atoms with E-state index in [1.807, 2.05) is 6.07 Å². The van der Waals surface area contributed by atoms with Gasteiger partial charge in [0.25, 0.3) is 0 Å². The van der Waals surface area contributed by atoms with Gasteiger partial charge >= 0.3 is 0 Å². The van der Waals surface area contributed by atoms with Crippen LogP contribution >= 0.6 is 0 Å². The van der Waals surface area contributed by atoms with E-state index in [1.54, 1.807) is 31.2 Å². The lowest BCUT2D eigenvalue weighted by atomic mass is 10.2. The first kappa shape index (κ1) is 14.5. The standard InChI is InChI=1S/C14H14N6O/c1-9(21)2-5-14-17-12-4-3-10(6-13(12)18-14)19-20-11(7-15)8-16/h3-4,6,9,19,21H,2,5H2,1H3,(H,17,18). The van der Waals surface area contributed by atoms with Crippen molar-refractivity contribution < 1.29 is 5.11 Å². The number of nitrogens with zero attached hydrogens (tertiary/aromatic N) is 4. The summed E-state index contributed by atoms with van der Waals surface area (Å²) in [5.41, 5.74) is 4.70. The van der Waals surface area contributed by atoms with Gasteiger partial charge in [-0.3, -0.25) is 5.43 Å². The van der Waals surface area contributed by atoms with Gasteiger partial charge in [0.1, 0.15) is 18.0 Å². The topological polar surface area (TPSA) is 121 Å². The molecule has 0 amide bonds. The van der Waals surface area contributed by atoms with E-state index in [1.165, 1.54) is 0 Å². The van der Waals surface area contributed by atoms with Crippen molar-refractivity contribution in [3.05, 3.63) is 24.0 Å². The van der Waals surface area contributed by atoms with Crippen LogP contribution in [0.2, 0.25) is 0 Å². The lowest BCUT2D eigenvalue weighted by Crippen LogP contribution is -2.02. The summed E-state index contributed by atoms with van der Waals surface area (Å²) < 4.78 is 0. The number of fused-ring (bicyclic) bond motifs is 1. The minimum atomic E-state index is -0.361. The van der Waals surface area contributed by atoms with Crippen molar-refractivity contribution in [2.75, 3.05) is 5.43 Å². The first-order valence-corrected chi connectivity index (χ1v) is 6.43. The van der Waals surface area contributed by atoms with Crippen LogP contribution in [0.15, 0.2) is 23.3 Å². The molecule has 0 aliphatic carbocycles. The van der Waals surface area contributed by atoms with Crippen LogP contribution in [0.3, 0.4) is 0 Å². The molecule has 7 heteroatoms. The highest BCUT2D eigenvalue weighted by Crippen LogP contribution is 2.18. The van der Waals surface area contributed by atoms with Crippen LogP contribution in [-0.4, -0.2) is 26.9 Å². The van der Waals surface area contributed by atoms with E-state index in [0.717, 1.165) is 16.9 Å². The van der Waals surface area contributed by atoms with E-state index in [-0.39, 0.29) is 11.8 Å². The zero-order valence-electron chi connectivity index (χ0n) is 11.5. The van der Waals surface area contributed by atoms with Crippen molar-refractivity contribution in [2.24, 2.45) is 5.10 Å². The monoisotopic (exact) mass is 282 g/mol. The molecule has 0 saturated carbocycles. The van der Waals surface area contributed by atoms with Gasteiger partial charge in [-0.15, -0.1) is 0 Å². The molecule has 0 saturated heterocycles. The highest BCUT2D eigenvalue weighted by molar-refractivity contribution is 6.10. The van der Waals surface area contributed by atoms with Crippen LogP contribution in [0.4, 0.5) is 5.69 Å². The molecule has 0 spiro atoms. The normalized spacial score (nSPS) is 11.4. The van der Waals surface area contributed by atoms with Gasteiger partial charge in [-0.05, 0) is 31.5 Å². The number of aromatic amines is 1. The second-order valence-corrected chi connectivity index (χ2v) is 4.60. The average Bonchev–Trinajstić information content (AvgIpc) is 2.88. The number of hydrazone groups is 1. The number of anilines is 1. The fourth-order valence-electron chi connectivity index (χ4n) is 1.79. The molecule has 1 heterocycles. The molecule has 1 aromatic heterocycles. The molecular formula is C14H14N6O. The van der Waals surface area contributed by atoms with E-state index in [2.05, 4.69) is 20.5 Å². The maximum atomic E-state index is 9.28. The fraction of sp³-hybridized carbons (Fsp3) is 0.286. The molecule has 2 rings (SSSR count). The number of nitrogens with one attached hydrogen (secondary N) is 2. The Morgan fingerprint density at radius 3 is 2.90 bits per heavy atom. The molecule has 7 nitrogen and oxygen atoms in total. The average molecular weight is 282 g/mol. The van der Waals surface area contributed by atoms with Gasteiger partial charge in [-0.2, -0.15) is 15.6 Å². The Hall–Kier alpha value is -2.90. The highest BCUT2D eigenvalue weighted by Gasteiger charge is 2.05. The molecule has 2 aromatic rings. The summed E-state index contributed by atoms with van der Waals surface area (Å²) in [4.78, 5) is 7.58. The van der Waals surface area contributed by atoms with Crippen molar-refractivity contribution in [3.63, 3.8) is 0 Å². The van der Waals surface area contributed by atoms with E-state index >= 15 is 0 Å². The molecule has 0 fully saturated rings. The van der Waals surface area contributed by atoms with E-state index in [9.17, 15) is 5.11 Å². The third kappa shape index (κ3) is 3.78. The number of imidazole rings is 1. The summed E-state index contributed by atoms with van der Waals surface area (Å²) in [5.74, 6) is 0.807. The van der Waals surface area contributed by atoms with Crippen LogP contribution < -0.4 is 5.43 Å². The molecule has 0 bridgehead atoms. The Morgan fingerprint density at radius 1 is 1.48 bits per heavy atom. The molecule has 0 aliphatic rings. The summed E-state index contributed by atoms with van der Waals surface area (Å²) >= 11 is 0.